The minimum Gasteiger partial charge on any atom is -0.369 e. The molecule has 2 aromatic heterocycles. The van der Waals surface area contributed by atoms with Crippen molar-refractivity contribution in [3.8, 4) is 11.1 Å². The van der Waals surface area contributed by atoms with Gasteiger partial charge in [-0.1, -0.05) is 60.2 Å². The Labute approximate surface area is 186 Å². The number of fused-ring (bicyclic) bond motifs is 1. The minimum atomic E-state index is 0.0616. The van der Waals surface area contributed by atoms with E-state index >= 15 is 0 Å². The Morgan fingerprint density at radius 3 is 2.55 bits per heavy atom. The van der Waals surface area contributed by atoms with Crippen LogP contribution < -0.4 is 10.6 Å². The second kappa shape index (κ2) is 9.71. The van der Waals surface area contributed by atoms with Crippen LogP contribution in [0, 0.1) is 13.8 Å². The van der Waals surface area contributed by atoms with Crippen LogP contribution in [0.25, 0.3) is 21.3 Å². The summed E-state index contributed by atoms with van der Waals surface area (Å²) in [6.45, 7) is 5.42. The molecule has 0 bridgehead atoms. The Hall–Kier alpha value is -3.25. The van der Waals surface area contributed by atoms with Gasteiger partial charge in [-0.25, -0.2) is 9.97 Å². The highest BCUT2D eigenvalue weighted by atomic mass is 32.1. The van der Waals surface area contributed by atoms with E-state index in [4.69, 9.17) is 0 Å². The molecule has 4 aromatic rings. The summed E-state index contributed by atoms with van der Waals surface area (Å²) in [6, 6.07) is 18.6. The van der Waals surface area contributed by atoms with Crippen LogP contribution in [0.15, 0.2) is 60.9 Å². The molecule has 2 aromatic carbocycles. The summed E-state index contributed by atoms with van der Waals surface area (Å²) in [6.07, 6.45) is 2.81. The van der Waals surface area contributed by atoms with Gasteiger partial charge < -0.3 is 10.6 Å². The molecule has 0 spiro atoms. The van der Waals surface area contributed by atoms with Gasteiger partial charge in [-0.05, 0) is 31.4 Å². The lowest BCUT2D eigenvalue weighted by Crippen LogP contribution is -2.23. The van der Waals surface area contributed by atoms with Gasteiger partial charge in [-0.2, -0.15) is 0 Å². The van der Waals surface area contributed by atoms with Gasteiger partial charge in [0.05, 0.1) is 5.39 Å². The van der Waals surface area contributed by atoms with Crippen molar-refractivity contribution in [3.63, 3.8) is 0 Å². The Bertz CT molecular complexity index is 1170. The van der Waals surface area contributed by atoms with E-state index in [2.05, 4.69) is 58.7 Å². The number of aromatic nitrogens is 2. The zero-order valence-corrected chi connectivity index (χ0v) is 18.6. The largest absolute Gasteiger partial charge is 0.369 e. The lowest BCUT2D eigenvalue weighted by atomic mass is 10.0. The van der Waals surface area contributed by atoms with Crippen LogP contribution in [0.4, 0.5) is 5.82 Å². The molecular formula is C25H26N4OS. The van der Waals surface area contributed by atoms with Crippen LogP contribution in [-0.2, 0) is 11.3 Å². The molecule has 0 radical (unpaired) electrons. The number of hydrogen-bond donors (Lipinski definition) is 2. The number of hydrogen-bond acceptors (Lipinski definition) is 5. The van der Waals surface area contributed by atoms with Gasteiger partial charge in [0.2, 0.25) is 5.91 Å². The topological polar surface area (TPSA) is 66.9 Å². The van der Waals surface area contributed by atoms with Gasteiger partial charge in [0.15, 0.2) is 0 Å². The number of rotatable bonds is 8. The second-order valence-electron chi connectivity index (χ2n) is 7.59. The Morgan fingerprint density at radius 1 is 1.00 bits per heavy atom. The van der Waals surface area contributed by atoms with Gasteiger partial charge in [0.25, 0.3) is 0 Å². The lowest BCUT2D eigenvalue weighted by molar-refractivity contribution is -0.121. The molecule has 0 unspecified atom stereocenters. The molecule has 0 aliphatic heterocycles. The second-order valence-corrected chi connectivity index (χ2v) is 8.80. The van der Waals surface area contributed by atoms with Gasteiger partial charge in [0.1, 0.15) is 17.0 Å². The van der Waals surface area contributed by atoms with Crippen LogP contribution in [-0.4, -0.2) is 22.4 Å². The number of anilines is 1. The first-order chi connectivity index (χ1) is 15.1. The Morgan fingerprint density at radius 2 is 1.77 bits per heavy atom. The van der Waals surface area contributed by atoms with E-state index in [1.165, 1.54) is 21.6 Å². The van der Waals surface area contributed by atoms with E-state index in [0.717, 1.165) is 28.0 Å². The molecule has 0 saturated carbocycles. The third-order valence-corrected chi connectivity index (χ3v) is 6.22. The smallest absolute Gasteiger partial charge is 0.220 e. The van der Waals surface area contributed by atoms with Crippen molar-refractivity contribution in [1.29, 1.82) is 0 Å². The van der Waals surface area contributed by atoms with E-state index < -0.39 is 0 Å². The quantitative estimate of drug-likeness (QED) is 0.363. The highest BCUT2D eigenvalue weighted by Gasteiger charge is 2.16. The molecule has 2 heterocycles. The number of nitrogens with zero attached hydrogens (tertiary/aromatic N) is 2. The van der Waals surface area contributed by atoms with E-state index in [1.807, 2.05) is 30.3 Å². The number of amides is 1. The maximum absolute atomic E-state index is 12.2. The predicted octanol–water partition coefficient (Wildman–Crippen LogP) is 5.48. The summed E-state index contributed by atoms with van der Waals surface area (Å²) in [5.74, 6) is 0.889. The molecule has 6 heteroatoms. The zero-order chi connectivity index (χ0) is 21.6. The molecule has 0 saturated heterocycles. The van der Waals surface area contributed by atoms with Gasteiger partial charge in [-0.15, -0.1) is 11.3 Å². The number of carbonyl (C=O) groups excluding carboxylic acids is 1. The molecule has 0 aliphatic rings. The fourth-order valence-electron chi connectivity index (χ4n) is 3.58. The van der Waals surface area contributed by atoms with Crippen molar-refractivity contribution < 1.29 is 4.79 Å². The number of nitrogens with one attached hydrogen (secondary N) is 2. The van der Waals surface area contributed by atoms with Gasteiger partial charge in [0, 0.05) is 30.0 Å². The summed E-state index contributed by atoms with van der Waals surface area (Å²) >= 11 is 1.68. The standard InChI is InChI=1S/C25H26N4OS/c1-17-10-12-19(13-11-17)15-27-21(30)9-6-14-26-24-23-22(20-7-4-3-5-8-20)18(2)31-25(23)29-16-28-24/h3-5,7-8,10-13,16H,6,9,14-15H2,1-2H3,(H,27,30)(H,26,28,29). The summed E-state index contributed by atoms with van der Waals surface area (Å²) in [5.41, 5.74) is 4.68. The monoisotopic (exact) mass is 430 g/mol. The number of thiophene rings is 1. The highest BCUT2D eigenvalue weighted by molar-refractivity contribution is 7.19. The predicted molar refractivity (Wildman–Crippen MR) is 128 cm³/mol. The molecular weight excluding hydrogens is 404 g/mol. The minimum absolute atomic E-state index is 0.0616. The normalized spacial score (nSPS) is 10.9. The molecule has 31 heavy (non-hydrogen) atoms. The molecule has 4 rings (SSSR count). The lowest BCUT2D eigenvalue weighted by Gasteiger charge is -2.09. The number of benzene rings is 2. The van der Waals surface area contributed by atoms with E-state index in [1.54, 1.807) is 17.7 Å². The third-order valence-electron chi connectivity index (χ3n) is 5.21. The number of aryl methyl sites for hydroxylation is 2. The molecule has 2 N–H and O–H groups in total. The molecule has 5 nitrogen and oxygen atoms in total. The first-order valence-corrected chi connectivity index (χ1v) is 11.3. The van der Waals surface area contributed by atoms with Crippen LogP contribution >= 0.6 is 11.3 Å². The zero-order valence-electron chi connectivity index (χ0n) is 17.8. The van der Waals surface area contributed by atoms with Crippen LogP contribution in [0.1, 0.15) is 28.8 Å². The van der Waals surface area contributed by atoms with Crippen LogP contribution in [0.3, 0.4) is 0 Å². The summed E-state index contributed by atoms with van der Waals surface area (Å²) in [7, 11) is 0. The maximum atomic E-state index is 12.2. The fraction of sp³-hybridized carbons (Fsp3) is 0.240. The summed E-state index contributed by atoms with van der Waals surface area (Å²) in [4.78, 5) is 23.3. The average Bonchev–Trinajstić information content (AvgIpc) is 3.13. The first kappa shape index (κ1) is 21.0. The number of carbonyl (C=O) groups is 1. The summed E-state index contributed by atoms with van der Waals surface area (Å²) < 4.78 is 0. The van der Waals surface area contributed by atoms with E-state index in [0.29, 0.717) is 19.5 Å². The van der Waals surface area contributed by atoms with Crippen molar-refractivity contribution in [2.24, 2.45) is 0 Å². The SMILES string of the molecule is Cc1ccc(CNC(=O)CCCNc2ncnc3sc(C)c(-c4ccccc4)c23)cc1. The molecule has 158 valence electrons. The van der Waals surface area contributed by atoms with Crippen molar-refractivity contribution in [2.45, 2.75) is 33.2 Å². The highest BCUT2D eigenvalue weighted by Crippen LogP contribution is 2.40. The Balaban J connectivity index is 1.36. The van der Waals surface area contributed by atoms with Gasteiger partial charge in [-0.3, -0.25) is 4.79 Å². The summed E-state index contributed by atoms with van der Waals surface area (Å²) in [5, 5.41) is 7.47. The molecule has 0 atom stereocenters. The van der Waals surface area contributed by atoms with Gasteiger partial charge >= 0.3 is 0 Å². The molecule has 0 fully saturated rings. The Kier molecular flexibility index (Phi) is 6.57. The van der Waals surface area contributed by atoms with Crippen molar-refractivity contribution in [1.82, 2.24) is 15.3 Å². The van der Waals surface area contributed by atoms with Crippen molar-refractivity contribution >= 4 is 33.3 Å². The average molecular weight is 431 g/mol. The van der Waals surface area contributed by atoms with Crippen molar-refractivity contribution in [3.05, 3.63) is 76.9 Å². The van der Waals surface area contributed by atoms with Crippen molar-refractivity contribution in [2.75, 3.05) is 11.9 Å². The van der Waals surface area contributed by atoms with E-state index in [9.17, 15) is 4.79 Å². The van der Waals surface area contributed by atoms with Crippen LogP contribution in [0.5, 0.6) is 0 Å². The van der Waals surface area contributed by atoms with Crippen LogP contribution in [0.2, 0.25) is 0 Å². The molecule has 0 aliphatic carbocycles. The fourth-order valence-corrected chi connectivity index (χ4v) is 4.59. The molecule has 1 amide bonds. The van der Waals surface area contributed by atoms with E-state index in [-0.39, 0.29) is 5.91 Å². The maximum Gasteiger partial charge on any atom is 0.220 e. The first-order valence-electron chi connectivity index (χ1n) is 10.5. The third kappa shape index (κ3) is 5.09.